The van der Waals surface area contributed by atoms with Crippen molar-refractivity contribution in [1.82, 2.24) is 4.72 Å². The van der Waals surface area contributed by atoms with Gasteiger partial charge in [0.05, 0.1) is 17.7 Å². The van der Waals surface area contributed by atoms with E-state index >= 15 is 0 Å². The van der Waals surface area contributed by atoms with E-state index in [-0.39, 0.29) is 4.90 Å². The summed E-state index contributed by atoms with van der Waals surface area (Å²) in [4.78, 5) is 0.167. The highest BCUT2D eigenvalue weighted by Gasteiger charge is 2.14. The predicted octanol–water partition coefficient (Wildman–Crippen LogP) is 2.09. The molecule has 0 amide bonds. The van der Waals surface area contributed by atoms with Crippen LogP contribution >= 0.6 is 11.8 Å². The molecule has 0 radical (unpaired) electrons. The van der Waals surface area contributed by atoms with Gasteiger partial charge in [-0.05, 0) is 43.0 Å². The van der Waals surface area contributed by atoms with Crippen LogP contribution in [0, 0.1) is 0 Å². The SMILES string of the molecule is COc1ccc(S(=O)(=O)NCCCCCSC)cc1N. The molecule has 0 bridgehead atoms. The summed E-state index contributed by atoms with van der Waals surface area (Å²) in [5.41, 5.74) is 6.03. The van der Waals surface area contributed by atoms with Crippen LogP contribution in [0.3, 0.4) is 0 Å². The second-order valence-corrected chi connectivity index (χ2v) is 7.11. The highest BCUT2D eigenvalue weighted by molar-refractivity contribution is 7.98. The van der Waals surface area contributed by atoms with E-state index in [0.717, 1.165) is 25.0 Å². The molecule has 0 atom stereocenters. The van der Waals surface area contributed by atoms with Crippen LogP contribution in [0.25, 0.3) is 0 Å². The van der Waals surface area contributed by atoms with Crippen LogP contribution in [0.2, 0.25) is 0 Å². The number of hydrogen-bond donors (Lipinski definition) is 2. The normalized spacial score (nSPS) is 11.5. The van der Waals surface area contributed by atoms with Crippen LogP contribution in [-0.4, -0.2) is 34.1 Å². The fraction of sp³-hybridized carbons (Fsp3) is 0.538. The molecule has 114 valence electrons. The number of nitrogens with one attached hydrogen (secondary N) is 1. The summed E-state index contributed by atoms with van der Waals surface area (Å²) >= 11 is 1.80. The van der Waals surface area contributed by atoms with Gasteiger partial charge < -0.3 is 10.5 Å². The van der Waals surface area contributed by atoms with Crippen molar-refractivity contribution >= 4 is 27.5 Å². The molecule has 0 unspecified atom stereocenters. The molecule has 3 N–H and O–H groups in total. The summed E-state index contributed by atoms with van der Waals surface area (Å²) in [6.45, 7) is 0.447. The number of ether oxygens (including phenoxy) is 1. The number of anilines is 1. The molecule has 5 nitrogen and oxygen atoms in total. The Hall–Kier alpha value is -0.920. The van der Waals surface area contributed by atoms with E-state index in [1.165, 1.54) is 19.2 Å². The lowest BCUT2D eigenvalue weighted by atomic mass is 10.2. The molecule has 0 spiro atoms. The molecule has 0 heterocycles. The molecule has 7 heteroatoms. The van der Waals surface area contributed by atoms with Gasteiger partial charge in [0.15, 0.2) is 0 Å². The number of sulfonamides is 1. The number of thioether (sulfide) groups is 1. The maximum absolute atomic E-state index is 12.1. The lowest BCUT2D eigenvalue weighted by Gasteiger charge is -2.09. The van der Waals surface area contributed by atoms with Gasteiger partial charge in [-0.25, -0.2) is 13.1 Å². The summed E-state index contributed by atoms with van der Waals surface area (Å²) < 4.78 is 31.7. The zero-order valence-electron chi connectivity index (χ0n) is 11.9. The lowest BCUT2D eigenvalue weighted by molar-refractivity contribution is 0.416. The lowest BCUT2D eigenvalue weighted by Crippen LogP contribution is -2.24. The van der Waals surface area contributed by atoms with Crippen LogP contribution in [0.4, 0.5) is 5.69 Å². The third-order valence-corrected chi connectivity index (χ3v) is 4.98. The van der Waals surface area contributed by atoms with E-state index in [1.54, 1.807) is 17.8 Å². The standard InChI is InChI=1S/C13H22N2O3S2/c1-18-13-7-6-11(10-12(13)14)20(16,17)15-8-4-3-5-9-19-2/h6-7,10,15H,3-5,8-9,14H2,1-2H3. The van der Waals surface area contributed by atoms with Gasteiger partial charge in [-0.1, -0.05) is 6.42 Å². The minimum absolute atomic E-state index is 0.167. The number of nitrogens with two attached hydrogens (primary N) is 1. The van der Waals surface area contributed by atoms with Gasteiger partial charge in [0, 0.05) is 6.54 Å². The molecule has 0 aliphatic carbocycles. The molecular formula is C13H22N2O3S2. The number of nitrogen functional groups attached to an aromatic ring is 1. The van der Waals surface area contributed by atoms with E-state index in [9.17, 15) is 8.42 Å². The quantitative estimate of drug-likeness (QED) is 0.538. The zero-order chi connectivity index (χ0) is 15.0. The van der Waals surface area contributed by atoms with Crippen LogP contribution in [-0.2, 0) is 10.0 Å². The Bertz CT molecular complexity index is 518. The summed E-state index contributed by atoms with van der Waals surface area (Å²) in [6.07, 6.45) is 5.04. The number of rotatable bonds is 9. The third kappa shape index (κ3) is 5.22. The van der Waals surface area contributed by atoms with Gasteiger partial charge in [-0.15, -0.1) is 0 Å². The first-order valence-corrected chi connectivity index (χ1v) is 9.31. The highest BCUT2D eigenvalue weighted by atomic mass is 32.2. The van der Waals surface area contributed by atoms with Crippen molar-refractivity contribution in [3.05, 3.63) is 18.2 Å². The molecule has 1 rings (SSSR count). The van der Waals surface area contributed by atoms with E-state index in [2.05, 4.69) is 11.0 Å². The Morgan fingerprint density at radius 1 is 1.30 bits per heavy atom. The van der Waals surface area contributed by atoms with Crippen LogP contribution in [0.5, 0.6) is 5.75 Å². The molecule has 0 saturated heterocycles. The van der Waals surface area contributed by atoms with Crippen LogP contribution in [0.1, 0.15) is 19.3 Å². The van der Waals surface area contributed by atoms with Crippen LogP contribution < -0.4 is 15.2 Å². The zero-order valence-corrected chi connectivity index (χ0v) is 13.5. The number of unbranched alkanes of at least 4 members (excludes halogenated alkanes) is 2. The van der Waals surface area contributed by atoms with Crippen molar-refractivity contribution in [2.75, 3.05) is 31.4 Å². The van der Waals surface area contributed by atoms with Gasteiger partial charge in [-0.3, -0.25) is 0 Å². The van der Waals surface area contributed by atoms with Gasteiger partial charge in [0.1, 0.15) is 5.75 Å². The Balaban J connectivity index is 2.54. The smallest absolute Gasteiger partial charge is 0.240 e. The first-order chi connectivity index (χ1) is 9.51. The van der Waals surface area contributed by atoms with Gasteiger partial charge in [0.2, 0.25) is 10.0 Å². The molecule has 20 heavy (non-hydrogen) atoms. The van der Waals surface area contributed by atoms with Gasteiger partial charge in [-0.2, -0.15) is 11.8 Å². The van der Waals surface area contributed by atoms with E-state index in [0.29, 0.717) is 18.0 Å². The summed E-state index contributed by atoms with van der Waals surface area (Å²) in [7, 11) is -2.00. The largest absolute Gasteiger partial charge is 0.495 e. The first-order valence-electron chi connectivity index (χ1n) is 6.43. The number of methoxy groups -OCH3 is 1. The Kier molecular flexibility index (Phi) is 7.18. The second-order valence-electron chi connectivity index (χ2n) is 4.35. The summed E-state index contributed by atoms with van der Waals surface area (Å²) in [5, 5.41) is 0. The highest BCUT2D eigenvalue weighted by Crippen LogP contribution is 2.24. The Morgan fingerprint density at radius 3 is 2.65 bits per heavy atom. The average Bonchev–Trinajstić information content (AvgIpc) is 2.42. The number of hydrogen-bond acceptors (Lipinski definition) is 5. The molecular weight excluding hydrogens is 296 g/mol. The molecule has 0 saturated carbocycles. The monoisotopic (exact) mass is 318 g/mol. The van der Waals surface area contributed by atoms with Crippen molar-refractivity contribution in [2.45, 2.75) is 24.2 Å². The van der Waals surface area contributed by atoms with Crippen molar-refractivity contribution in [3.8, 4) is 5.75 Å². The van der Waals surface area contributed by atoms with Crippen molar-refractivity contribution in [3.63, 3.8) is 0 Å². The fourth-order valence-corrected chi connectivity index (χ4v) is 3.32. The maximum atomic E-state index is 12.1. The van der Waals surface area contributed by atoms with E-state index in [4.69, 9.17) is 10.5 Å². The number of benzene rings is 1. The molecule has 1 aromatic carbocycles. The molecule has 0 aliphatic rings. The van der Waals surface area contributed by atoms with E-state index in [1.807, 2.05) is 0 Å². The minimum atomic E-state index is -3.49. The third-order valence-electron chi connectivity index (χ3n) is 2.83. The summed E-state index contributed by atoms with van der Waals surface area (Å²) in [6, 6.07) is 4.46. The molecule has 0 aliphatic heterocycles. The topological polar surface area (TPSA) is 81.4 Å². The van der Waals surface area contributed by atoms with Crippen molar-refractivity contribution in [2.24, 2.45) is 0 Å². The van der Waals surface area contributed by atoms with Gasteiger partial charge in [0.25, 0.3) is 0 Å². The van der Waals surface area contributed by atoms with Crippen molar-refractivity contribution in [1.29, 1.82) is 0 Å². The Morgan fingerprint density at radius 2 is 2.05 bits per heavy atom. The van der Waals surface area contributed by atoms with Crippen molar-refractivity contribution < 1.29 is 13.2 Å². The van der Waals surface area contributed by atoms with E-state index < -0.39 is 10.0 Å². The Labute approximate surface area is 125 Å². The summed E-state index contributed by atoms with van der Waals surface area (Å²) in [5.74, 6) is 1.59. The molecule has 1 aromatic rings. The maximum Gasteiger partial charge on any atom is 0.240 e. The molecule has 0 aromatic heterocycles. The first kappa shape index (κ1) is 17.1. The minimum Gasteiger partial charge on any atom is -0.495 e. The predicted molar refractivity (Wildman–Crippen MR) is 84.8 cm³/mol. The fourth-order valence-electron chi connectivity index (χ4n) is 1.72. The molecule has 0 fully saturated rings. The van der Waals surface area contributed by atoms with Crippen LogP contribution in [0.15, 0.2) is 23.1 Å². The second kappa shape index (κ2) is 8.39. The average molecular weight is 318 g/mol. The van der Waals surface area contributed by atoms with Gasteiger partial charge >= 0.3 is 0 Å².